The van der Waals surface area contributed by atoms with Gasteiger partial charge in [-0.1, -0.05) is 0 Å². The van der Waals surface area contributed by atoms with E-state index in [1.165, 1.54) is 18.2 Å². The van der Waals surface area contributed by atoms with Crippen molar-refractivity contribution in [1.82, 2.24) is 0 Å². The molecule has 2 saturated heterocycles. The van der Waals surface area contributed by atoms with Crippen LogP contribution in [0.25, 0.3) is 5.76 Å². The van der Waals surface area contributed by atoms with Crippen LogP contribution in [0.2, 0.25) is 0 Å². The second-order valence-corrected chi connectivity index (χ2v) is 11.5. The first-order chi connectivity index (χ1) is 23.7. The molecule has 19 heteroatoms. The number of aliphatic hydroxyl groups excluding tert-OH is 8. The molecule has 11 atom stereocenters. The van der Waals surface area contributed by atoms with Crippen molar-refractivity contribution < 1.29 is 93.8 Å². The molecule has 1 aromatic rings. The van der Waals surface area contributed by atoms with Crippen LogP contribution in [0.1, 0.15) is 12.0 Å². The van der Waals surface area contributed by atoms with Gasteiger partial charge in [-0.15, -0.1) is 0 Å². The summed E-state index contributed by atoms with van der Waals surface area (Å²) in [7, 11) is 1.05. The van der Waals surface area contributed by atoms with Crippen molar-refractivity contribution in [3.8, 4) is 11.5 Å². The topological polar surface area (TPSA) is 301 Å². The van der Waals surface area contributed by atoms with E-state index in [1.54, 1.807) is 0 Å². The zero-order valence-electron chi connectivity index (χ0n) is 26.1. The summed E-state index contributed by atoms with van der Waals surface area (Å²) in [5.41, 5.74) is 0.164. The molecular weight excluding hydrogens is 676 g/mol. The van der Waals surface area contributed by atoms with E-state index in [4.69, 9.17) is 28.4 Å². The summed E-state index contributed by atoms with van der Waals surface area (Å²) in [6.45, 7) is -1.58. The van der Waals surface area contributed by atoms with Gasteiger partial charge in [0.25, 0.3) is 0 Å². The molecule has 3 heterocycles. The van der Waals surface area contributed by atoms with Gasteiger partial charge in [0, 0.05) is 23.3 Å². The number of aliphatic hydroxyl groups is 8. The average Bonchev–Trinajstić information content (AvgIpc) is 3.08. The van der Waals surface area contributed by atoms with Crippen molar-refractivity contribution in [3.05, 3.63) is 64.8 Å². The Morgan fingerprint density at radius 3 is 2.22 bits per heavy atom. The van der Waals surface area contributed by atoms with Crippen molar-refractivity contribution >= 4 is 17.7 Å². The van der Waals surface area contributed by atoms with Crippen molar-refractivity contribution in [2.24, 2.45) is 0 Å². The van der Waals surface area contributed by atoms with Gasteiger partial charge in [-0.3, -0.25) is 9.59 Å². The van der Waals surface area contributed by atoms with Gasteiger partial charge in [-0.25, -0.2) is 0 Å². The zero-order valence-corrected chi connectivity index (χ0v) is 26.1. The lowest BCUT2D eigenvalue weighted by atomic mass is 9.96. The van der Waals surface area contributed by atoms with Gasteiger partial charge in [-0.05, 0) is 24.3 Å². The van der Waals surface area contributed by atoms with E-state index in [0.29, 0.717) is 0 Å². The fourth-order valence-electron chi connectivity index (χ4n) is 5.44. The number of aromatic hydroxyl groups is 2. The second kappa shape index (κ2) is 15.2. The van der Waals surface area contributed by atoms with E-state index in [2.05, 4.69) is 4.74 Å². The number of ether oxygens (including phenoxy) is 7. The number of phenols is 2. The summed E-state index contributed by atoms with van der Waals surface area (Å²) in [6, 6.07) is 3.56. The van der Waals surface area contributed by atoms with Crippen LogP contribution in [-0.2, 0) is 42.7 Å². The first-order valence-electron chi connectivity index (χ1n) is 15.1. The summed E-state index contributed by atoms with van der Waals surface area (Å²) < 4.78 is 38.3. The molecule has 1 aliphatic carbocycles. The summed E-state index contributed by atoms with van der Waals surface area (Å²) in [5.74, 6) is -4.23. The first kappa shape index (κ1) is 36.8. The predicted molar refractivity (Wildman–Crippen MR) is 159 cm³/mol. The molecule has 3 aliphatic heterocycles. The molecular formula is C31H36O19. The predicted octanol–water partition coefficient (Wildman–Crippen LogP) is -2.26. The Labute approximate surface area is 282 Å². The fraction of sp³-hybridized carbons (Fsp3) is 0.484. The van der Waals surface area contributed by atoms with Crippen LogP contribution < -0.4 is 0 Å². The molecule has 274 valence electrons. The highest BCUT2D eigenvalue weighted by Crippen LogP contribution is 2.40. The minimum absolute atomic E-state index is 0.0669. The van der Waals surface area contributed by atoms with Crippen molar-refractivity contribution in [1.29, 1.82) is 0 Å². The van der Waals surface area contributed by atoms with Crippen LogP contribution in [0.3, 0.4) is 0 Å². The van der Waals surface area contributed by atoms with E-state index in [9.17, 15) is 60.7 Å². The average molecular weight is 713 g/mol. The number of carbonyl (C=O) groups is 2. The van der Waals surface area contributed by atoms with E-state index >= 15 is 0 Å². The number of hydrogen-bond acceptors (Lipinski definition) is 19. The smallest absolute Gasteiger partial charge is 0.317 e. The maximum absolute atomic E-state index is 12.2. The zero-order chi connectivity index (χ0) is 36.4. The maximum atomic E-state index is 12.2. The Kier molecular flexibility index (Phi) is 11.2. The minimum Gasteiger partial charge on any atom is -0.508 e. The molecule has 10 N–H and O–H groups in total. The molecule has 2 fully saturated rings. The lowest BCUT2D eigenvalue weighted by molar-refractivity contribution is -0.356. The molecule has 0 aromatic heterocycles. The van der Waals surface area contributed by atoms with Crippen LogP contribution in [0.4, 0.5) is 0 Å². The summed E-state index contributed by atoms with van der Waals surface area (Å²) >= 11 is 0. The van der Waals surface area contributed by atoms with Crippen LogP contribution in [0, 0.1) is 0 Å². The molecule has 0 radical (unpaired) electrons. The molecule has 5 rings (SSSR count). The fourth-order valence-corrected chi connectivity index (χ4v) is 5.44. The number of benzene rings is 1. The van der Waals surface area contributed by atoms with Crippen LogP contribution in [0.15, 0.2) is 59.3 Å². The molecule has 0 bridgehead atoms. The molecule has 1 unspecified atom stereocenters. The van der Waals surface area contributed by atoms with Gasteiger partial charge >= 0.3 is 11.9 Å². The molecule has 19 nitrogen and oxygen atoms in total. The highest BCUT2D eigenvalue weighted by molar-refractivity contribution is 5.91. The van der Waals surface area contributed by atoms with Crippen molar-refractivity contribution in [3.63, 3.8) is 0 Å². The Morgan fingerprint density at radius 2 is 1.54 bits per heavy atom. The first-order valence-corrected chi connectivity index (χ1v) is 15.1. The normalized spacial score (nSPS) is 34.0. The maximum Gasteiger partial charge on any atom is 0.317 e. The molecule has 4 aliphatic rings. The standard InChI is InChI=1S/C31H36O19/c1-44-21(37)8-22(38)45-10-20-24(40)29(50-30-26(42)25(41)23(39)19(9-32)48-30)27(43)31(49-20)47-18-7-13-15(35)5-12(33)6-17(13)46-28(18)11-2-3-14(34)16(36)4-11/h2-7,17,19-20,23-27,29-36,39-43H,8-10H2,1H3/t17?,19-,20-,23-,24-,25+,26-,27-,29+,30+,31-/m1/s1. The molecule has 1 aromatic carbocycles. The van der Waals surface area contributed by atoms with Gasteiger partial charge in [0.05, 0.1) is 13.7 Å². The van der Waals surface area contributed by atoms with E-state index in [1.807, 2.05) is 0 Å². The lowest BCUT2D eigenvalue weighted by Crippen LogP contribution is -2.64. The Hall–Kier alpha value is -4.44. The van der Waals surface area contributed by atoms with Gasteiger partial charge in [0.2, 0.25) is 6.29 Å². The van der Waals surface area contributed by atoms with Crippen LogP contribution >= 0.6 is 0 Å². The number of hydrogen-bond donors (Lipinski definition) is 10. The highest BCUT2D eigenvalue weighted by Gasteiger charge is 2.52. The quantitative estimate of drug-likeness (QED) is 0.0696. The van der Waals surface area contributed by atoms with Crippen LogP contribution in [0.5, 0.6) is 11.5 Å². The molecule has 0 amide bonds. The SMILES string of the molecule is COC(=O)CC(=O)OC[C@H]1O[C@@H](OC2=C(c3ccc(O)c(O)c3)OC3C=C(O)C=C(O)C3=C2)[C@H](O)[C@@H](O[C@@H]2O[C@H](CO)[C@@H](O)[C@H](O)[C@H]2O)[C@@H]1O. The Bertz CT molecular complexity index is 1560. The van der Waals surface area contributed by atoms with Gasteiger partial charge < -0.3 is 84.2 Å². The lowest BCUT2D eigenvalue weighted by Gasteiger charge is -2.46. The van der Waals surface area contributed by atoms with Crippen molar-refractivity contribution in [2.75, 3.05) is 20.3 Å². The highest BCUT2D eigenvalue weighted by atomic mass is 16.7. The summed E-state index contributed by atoms with van der Waals surface area (Å²) in [4.78, 5) is 23.7. The number of esters is 2. The third-order valence-corrected chi connectivity index (χ3v) is 8.15. The van der Waals surface area contributed by atoms with E-state index in [-0.39, 0.29) is 28.4 Å². The van der Waals surface area contributed by atoms with E-state index < -0.39 is 116 Å². The molecule has 0 saturated carbocycles. The van der Waals surface area contributed by atoms with Gasteiger partial charge in [0.1, 0.15) is 79.5 Å². The number of rotatable bonds is 10. The molecule has 50 heavy (non-hydrogen) atoms. The molecule has 0 spiro atoms. The Balaban J connectivity index is 1.49. The minimum atomic E-state index is -2.00. The number of fused-ring (bicyclic) bond motifs is 1. The van der Waals surface area contributed by atoms with Gasteiger partial charge in [-0.2, -0.15) is 0 Å². The van der Waals surface area contributed by atoms with Crippen molar-refractivity contribution in [2.45, 2.75) is 73.9 Å². The van der Waals surface area contributed by atoms with Gasteiger partial charge in [0.15, 0.2) is 29.3 Å². The third kappa shape index (κ3) is 7.65. The summed E-state index contributed by atoms with van der Waals surface area (Å²) in [5, 5.41) is 104. The summed E-state index contributed by atoms with van der Waals surface area (Å²) in [6.07, 6.45) is -16.4. The number of allylic oxidation sites excluding steroid dienone is 2. The Morgan fingerprint density at radius 1 is 0.820 bits per heavy atom. The second-order valence-electron chi connectivity index (χ2n) is 11.5. The number of phenolic OH excluding ortho intramolecular Hbond substituents is 2. The monoisotopic (exact) mass is 712 g/mol. The van der Waals surface area contributed by atoms with E-state index in [0.717, 1.165) is 25.3 Å². The largest absolute Gasteiger partial charge is 0.508 e. The number of carbonyl (C=O) groups excluding carboxylic acids is 2. The third-order valence-electron chi connectivity index (χ3n) is 8.15. The van der Waals surface area contributed by atoms with Crippen LogP contribution in [-0.4, -0.2) is 151 Å². The number of methoxy groups -OCH3 is 1.